The molecule has 0 saturated heterocycles. The minimum atomic E-state index is 0.749. The summed E-state index contributed by atoms with van der Waals surface area (Å²) in [6.07, 6.45) is 10.5. The topological polar surface area (TPSA) is 93.8 Å². The van der Waals surface area contributed by atoms with Crippen molar-refractivity contribution in [2.45, 2.75) is 0 Å². The molecule has 0 atom stereocenters. The van der Waals surface area contributed by atoms with E-state index in [0.717, 1.165) is 38.9 Å². The normalized spacial score (nSPS) is 11.0. The molecule has 4 heterocycles. The Hall–Kier alpha value is -3.72. The lowest BCUT2D eigenvalue weighted by molar-refractivity contribution is 0.939. The summed E-state index contributed by atoms with van der Waals surface area (Å²) in [5.74, 6) is 0. The van der Waals surface area contributed by atoms with E-state index in [0.29, 0.717) is 0 Å². The van der Waals surface area contributed by atoms with Gasteiger partial charge in [0, 0.05) is 41.6 Å². The smallest absolute Gasteiger partial charge is 0.209 e. The summed E-state index contributed by atoms with van der Waals surface area (Å²) >= 11 is 1.45. The number of hydrogen-bond acceptors (Lipinski definition) is 8. The molecule has 0 fully saturated rings. The van der Waals surface area contributed by atoms with Crippen LogP contribution in [0.1, 0.15) is 0 Å². The minimum absolute atomic E-state index is 0.749. The second kappa shape index (κ2) is 6.54. The van der Waals surface area contributed by atoms with E-state index < -0.39 is 0 Å². The van der Waals surface area contributed by atoms with Crippen molar-refractivity contribution in [3.05, 3.63) is 67.0 Å². The van der Waals surface area contributed by atoms with Gasteiger partial charge in [-0.05, 0) is 17.7 Å². The lowest BCUT2D eigenvalue weighted by Crippen LogP contribution is -1.94. The number of anilines is 2. The lowest BCUT2D eigenvalue weighted by atomic mass is 10.1. The largest absolute Gasteiger partial charge is 0.330 e. The highest BCUT2D eigenvalue weighted by molar-refractivity contribution is 7.13. The predicted molar refractivity (Wildman–Crippen MR) is 103 cm³/mol. The molecule has 4 aromatic heterocycles. The van der Waals surface area contributed by atoms with E-state index in [1.807, 2.05) is 36.7 Å². The number of benzene rings is 1. The summed E-state index contributed by atoms with van der Waals surface area (Å²) in [5.41, 5.74) is 6.97. The highest BCUT2D eigenvalue weighted by Crippen LogP contribution is 2.28. The summed E-state index contributed by atoms with van der Waals surface area (Å²) < 4.78 is 1.75. The molecular weight excluding hydrogens is 360 g/mol. The first-order valence-electron chi connectivity index (χ1n) is 8.10. The van der Waals surface area contributed by atoms with Crippen LogP contribution in [0.4, 0.5) is 10.8 Å². The Morgan fingerprint density at radius 2 is 2.00 bits per heavy atom. The van der Waals surface area contributed by atoms with Crippen LogP contribution in [-0.4, -0.2) is 34.8 Å². The molecule has 0 spiro atoms. The summed E-state index contributed by atoms with van der Waals surface area (Å²) in [4.78, 5) is 13.0. The van der Waals surface area contributed by atoms with Crippen molar-refractivity contribution in [2.24, 2.45) is 0 Å². The molecule has 0 radical (unpaired) electrons. The number of fused-ring (bicyclic) bond motifs is 1. The molecule has 0 aliphatic heterocycles. The molecule has 130 valence electrons. The molecule has 0 aliphatic carbocycles. The lowest BCUT2D eigenvalue weighted by Gasteiger charge is -2.05. The van der Waals surface area contributed by atoms with Gasteiger partial charge in [-0.15, -0.1) is 10.2 Å². The standard InChI is InChI=1S/C18H12N8S/c1-2-12(6-14(3-1)24-18-25-22-11-27-18)15-8-23-26-10-13(7-21-17(15)26)16-9-19-4-5-20-16/h1-11H,(H,24,25). The monoisotopic (exact) mass is 372 g/mol. The first-order valence-corrected chi connectivity index (χ1v) is 8.98. The Kier molecular flexibility index (Phi) is 3.76. The molecule has 0 unspecified atom stereocenters. The van der Waals surface area contributed by atoms with Gasteiger partial charge in [-0.3, -0.25) is 9.97 Å². The highest BCUT2D eigenvalue weighted by atomic mass is 32.1. The van der Waals surface area contributed by atoms with Crippen LogP contribution in [-0.2, 0) is 0 Å². The van der Waals surface area contributed by atoms with Crippen LogP contribution in [0, 0.1) is 0 Å². The number of nitrogens with zero attached hydrogens (tertiary/aromatic N) is 7. The maximum atomic E-state index is 4.59. The van der Waals surface area contributed by atoms with E-state index in [2.05, 4.69) is 35.6 Å². The zero-order chi connectivity index (χ0) is 18.1. The van der Waals surface area contributed by atoms with Gasteiger partial charge in [0.1, 0.15) is 5.51 Å². The van der Waals surface area contributed by atoms with Gasteiger partial charge in [0.2, 0.25) is 5.13 Å². The Morgan fingerprint density at radius 1 is 1.00 bits per heavy atom. The van der Waals surface area contributed by atoms with E-state index in [1.165, 1.54) is 11.3 Å². The van der Waals surface area contributed by atoms with Crippen LogP contribution in [0.3, 0.4) is 0 Å². The second-order valence-corrected chi connectivity index (χ2v) is 6.54. The molecule has 8 nitrogen and oxygen atoms in total. The van der Waals surface area contributed by atoms with E-state index in [4.69, 9.17) is 0 Å². The van der Waals surface area contributed by atoms with Crippen LogP contribution in [0.15, 0.2) is 67.0 Å². The molecule has 5 rings (SSSR count). The second-order valence-electron chi connectivity index (χ2n) is 5.71. The maximum absolute atomic E-state index is 4.59. The Morgan fingerprint density at radius 3 is 2.85 bits per heavy atom. The molecule has 9 heteroatoms. The fourth-order valence-corrected chi connectivity index (χ4v) is 3.24. The van der Waals surface area contributed by atoms with Gasteiger partial charge in [-0.1, -0.05) is 23.5 Å². The maximum Gasteiger partial charge on any atom is 0.209 e. The first kappa shape index (κ1) is 15.5. The fourth-order valence-electron chi connectivity index (χ4n) is 2.77. The quantitative estimate of drug-likeness (QED) is 0.516. The van der Waals surface area contributed by atoms with Crippen molar-refractivity contribution in [1.82, 2.24) is 34.8 Å². The average Bonchev–Trinajstić information content (AvgIpc) is 3.38. The third kappa shape index (κ3) is 3.00. The minimum Gasteiger partial charge on any atom is -0.330 e. The van der Waals surface area contributed by atoms with Gasteiger partial charge in [0.25, 0.3) is 0 Å². The third-order valence-electron chi connectivity index (χ3n) is 4.00. The number of rotatable bonds is 4. The summed E-state index contributed by atoms with van der Waals surface area (Å²) in [5, 5.41) is 16.3. The highest BCUT2D eigenvalue weighted by Gasteiger charge is 2.11. The van der Waals surface area contributed by atoms with Crippen LogP contribution in [0.2, 0.25) is 0 Å². The molecule has 5 aromatic rings. The van der Waals surface area contributed by atoms with Crippen LogP contribution in [0.5, 0.6) is 0 Å². The zero-order valence-electron chi connectivity index (χ0n) is 13.9. The van der Waals surface area contributed by atoms with Gasteiger partial charge >= 0.3 is 0 Å². The summed E-state index contributed by atoms with van der Waals surface area (Å²) in [6, 6.07) is 8.03. The zero-order valence-corrected chi connectivity index (χ0v) is 14.7. The Labute approximate surface area is 157 Å². The third-order valence-corrected chi connectivity index (χ3v) is 4.61. The molecule has 1 aromatic carbocycles. The summed E-state index contributed by atoms with van der Waals surface area (Å²) in [6.45, 7) is 0. The van der Waals surface area contributed by atoms with Crippen molar-refractivity contribution >= 4 is 27.8 Å². The number of nitrogens with one attached hydrogen (secondary N) is 1. The molecule has 0 amide bonds. The van der Waals surface area contributed by atoms with Crippen molar-refractivity contribution in [2.75, 3.05) is 5.32 Å². The molecule has 0 bridgehead atoms. The number of aromatic nitrogens is 7. The van der Waals surface area contributed by atoms with Crippen molar-refractivity contribution in [3.63, 3.8) is 0 Å². The van der Waals surface area contributed by atoms with Crippen LogP contribution in [0.25, 0.3) is 28.0 Å². The Balaban J connectivity index is 1.52. The van der Waals surface area contributed by atoms with Crippen LogP contribution < -0.4 is 5.32 Å². The van der Waals surface area contributed by atoms with Crippen molar-refractivity contribution in [1.29, 1.82) is 0 Å². The molecule has 0 aliphatic rings. The van der Waals surface area contributed by atoms with Crippen molar-refractivity contribution < 1.29 is 0 Å². The van der Waals surface area contributed by atoms with E-state index in [9.17, 15) is 0 Å². The fraction of sp³-hybridized carbons (Fsp3) is 0. The number of hydrogen-bond donors (Lipinski definition) is 1. The SMILES string of the molecule is c1cc(Nc2nncs2)cc(-c2cnn3cc(-c4cnccn4)cnc23)c1. The van der Waals surface area contributed by atoms with E-state index >= 15 is 0 Å². The van der Waals surface area contributed by atoms with Gasteiger partial charge in [-0.25, -0.2) is 9.50 Å². The molecule has 1 N–H and O–H groups in total. The predicted octanol–water partition coefficient (Wildman–Crippen LogP) is 3.45. The van der Waals surface area contributed by atoms with E-state index in [-0.39, 0.29) is 0 Å². The van der Waals surface area contributed by atoms with Gasteiger partial charge in [0.15, 0.2) is 5.65 Å². The summed E-state index contributed by atoms with van der Waals surface area (Å²) in [7, 11) is 0. The molecular formula is C18H12N8S. The van der Waals surface area contributed by atoms with Gasteiger partial charge < -0.3 is 5.32 Å². The Bertz CT molecular complexity index is 1200. The average molecular weight is 372 g/mol. The van der Waals surface area contributed by atoms with Crippen LogP contribution >= 0.6 is 11.3 Å². The molecule has 27 heavy (non-hydrogen) atoms. The molecule has 0 saturated carbocycles. The first-order chi connectivity index (χ1) is 13.4. The van der Waals surface area contributed by atoms with E-state index in [1.54, 1.807) is 34.8 Å². The van der Waals surface area contributed by atoms with Gasteiger partial charge in [0.05, 0.1) is 18.1 Å². The van der Waals surface area contributed by atoms with Gasteiger partial charge in [-0.2, -0.15) is 5.10 Å². The van der Waals surface area contributed by atoms with Crippen molar-refractivity contribution in [3.8, 4) is 22.4 Å².